The van der Waals surface area contributed by atoms with Gasteiger partial charge in [-0.25, -0.2) is 4.98 Å². The van der Waals surface area contributed by atoms with Gasteiger partial charge in [0.2, 0.25) is 0 Å². The second-order valence-electron chi connectivity index (χ2n) is 5.46. The summed E-state index contributed by atoms with van der Waals surface area (Å²) in [4.78, 5) is 4.44. The second-order valence-corrected chi connectivity index (χ2v) is 5.46. The van der Waals surface area contributed by atoms with Gasteiger partial charge in [0.15, 0.2) is 0 Å². The van der Waals surface area contributed by atoms with Crippen molar-refractivity contribution in [3.63, 3.8) is 0 Å². The topological polar surface area (TPSA) is 42.7 Å². The third-order valence-corrected chi connectivity index (χ3v) is 4.27. The van der Waals surface area contributed by atoms with Crippen molar-refractivity contribution in [2.45, 2.75) is 59.0 Å². The van der Waals surface area contributed by atoms with E-state index < -0.39 is 0 Å². The maximum Gasteiger partial charge on any atom is 0.138 e. The molecule has 3 unspecified atom stereocenters. The average Bonchev–Trinajstić information content (AvgIpc) is 2.92. The lowest BCUT2D eigenvalue weighted by Crippen LogP contribution is -2.33. The maximum absolute atomic E-state index is 4.44. The summed E-state index contributed by atoms with van der Waals surface area (Å²) >= 11 is 0. The largest absolute Gasteiger partial charge is 0.314 e. The van der Waals surface area contributed by atoms with Gasteiger partial charge in [-0.2, -0.15) is 5.10 Å². The Labute approximate surface area is 110 Å². The van der Waals surface area contributed by atoms with E-state index in [0.29, 0.717) is 6.04 Å². The molecule has 0 aliphatic heterocycles. The van der Waals surface area contributed by atoms with Crippen molar-refractivity contribution in [2.75, 3.05) is 6.54 Å². The van der Waals surface area contributed by atoms with Crippen LogP contribution in [0, 0.1) is 11.8 Å². The number of aromatic nitrogens is 3. The van der Waals surface area contributed by atoms with Crippen LogP contribution in [-0.2, 0) is 13.0 Å². The Morgan fingerprint density at radius 1 is 1.39 bits per heavy atom. The van der Waals surface area contributed by atoms with Crippen LogP contribution in [0.15, 0.2) is 6.33 Å². The van der Waals surface area contributed by atoms with Crippen molar-refractivity contribution in [1.29, 1.82) is 0 Å². The van der Waals surface area contributed by atoms with Gasteiger partial charge < -0.3 is 5.32 Å². The molecule has 1 aliphatic rings. The molecule has 102 valence electrons. The van der Waals surface area contributed by atoms with Crippen LogP contribution in [0.4, 0.5) is 0 Å². The molecule has 0 bridgehead atoms. The molecule has 1 aromatic rings. The zero-order valence-corrected chi connectivity index (χ0v) is 11.9. The van der Waals surface area contributed by atoms with Gasteiger partial charge in [-0.1, -0.05) is 20.8 Å². The summed E-state index contributed by atoms with van der Waals surface area (Å²) in [5.74, 6) is 2.68. The van der Waals surface area contributed by atoms with E-state index in [1.807, 2.05) is 0 Å². The Bertz CT molecular complexity index is 360. The molecule has 0 amide bonds. The highest BCUT2D eigenvalue weighted by Gasteiger charge is 2.32. The van der Waals surface area contributed by atoms with Gasteiger partial charge in [-0.05, 0) is 37.6 Å². The average molecular weight is 250 g/mol. The molecule has 1 aliphatic carbocycles. The zero-order valence-electron chi connectivity index (χ0n) is 11.9. The molecule has 1 aromatic heterocycles. The molecule has 0 spiro atoms. The summed E-state index contributed by atoms with van der Waals surface area (Å²) in [5, 5.41) is 7.92. The van der Waals surface area contributed by atoms with Crippen LogP contribution in [0.3, 0.4) is 0 Å². The molecular weight excluding hydrogens is 224 g/mol. The Balaban J connectivity index is 1.95. The molecular formula is C14H26N4. The first-order valence-electron chi connectivity index (χ1n) is 7.36. The van der Waals surface area contributed by atoms with Gasteiger partial charge in [0.25, 0.3) is 0 Å². The molecule has 1 fully saturated rings. The van der Waals surface area contributed by atoms with Gasteiger partial charge >= 0.3 is 0 Å². The van der Waals surface area contributed by atoms with E-state index in [-0.39, 0.29) is 0 Å². The summed E-state index contributed by atoms with van der Waals surface area (Å²) < 4.78 is 2.08. The van der Waals surface area contributed by atoms with E-state index in [4.69, 9.17) is 0 Å². The standard InChI is InChI=1S/C14H26N4/c1-4-8-18-14(16-10-17-18)9-12-6-7-13(11(12)3)15-5-2/h10-13,15H,4-9H2,1-3H3. The minimum Gasteiger partial charge on any atom is -0.314 e. The highest BCUT2D eigenvalue weighted by Crippen LogP contribution is 2.33. The minimum absolute atomic E-state index is 0.697. The van der Waals surface area contributed by atoms with Crippen LogP contribution >= 0.6 is 0 Å². The second kappa shape index (κ2) is 6.32. The predicted octanol–water partition coefficient (Wildman–Crippen LogP) is 2.25. The van der Waals surface area contributed by atoms with E-state index in [2.05, 4.69) is 40.9 Å². The fraction of sp³-hybridized carbons (Fsp3) is 0.857. The van der Waals surface area contributed by atoms with Gasteiger partial charge in [0, 0.05) is 19.0 Å². The quantitative estimate of drug-likeness (QED) is 0.842. The minimum atomic E-state index is 0.697. The first kappa shape index (κ1) is 13.5. The number of rotatable bonds is 6. The van der Waals surface area contributed by atoms with Crippen LogP contribution in [-0.4, -0.2) is 27.4 Å². The molecule has 4 nitrogen and oxygen atoms in total. The van der Waals surface area contributed by atoms with E-state index in [1.165, 1.54) is 18.7 Å². The third-order valence-electron chi connectivity index (χ3n) is 4.27. The van der Waals surface area contributed by atoms with Crippen LogP contribution in [0.1, 0.15) is 45.9 Å². The van der Waals surface area contributed by atoms with Crippen LogP contribution in [0.2, 0.25) is 0 Å². The van der Waals surface area contributed by atoms with Crippen LogP contribution in [0.25, 0.3) is 0 Å². The zero-order chi connectivity index (χ0) is 13.0. The predicted molar refractivity (Wildman–Crippen MR) is 73.4 cm³/mol. The van der Waals surface area contributed by atoms with E-state index in [9.17, 15) is 0 Å². The van der Waals surface area contributed by atoms with E-state index in [0.717, 1.165) is 37.8 Å². The van der Waals surface area contributed by atoms with Crippen LogP contribution < -0.4 is 5.32 Å². The molecule has 4 heteroatoms. The highest BCUT2D eigenvalue weighted by atomic mass is 15.3. The SMILES string of the molecule is CCCn1ncnc1CC1CCC(NCC)C1C. The summed E-state index contributed by atoms with van der Waals surface area (Å²) in [5.41, 5.74) is 0. The molecule has 18 heavy (non-hydrogen) atoms. The first-order chi connectivity index (χ1) is 8.76. The summed E-state index contributed by atoms with van der Waals surface area (Å²) in [7, 11) is 0. The molecule has 1 heterocycles. The Kier molecular flexibility index (Phi) is 4.75. The Hall–Kier alpha value is -0.900. The Morgan fingerprint density at radius 3 is 2.94 bits per heavy atom. The molecule has 0 saturated heterocycles. The number of hydrogen-bond donors (Lipinski definition) is 1. The van der Waals surface area contributed by atoms with Gasteiger partial charge in [0.1, 0.15) is 12.2 Å². The molecule has 3 atom stereocenters. The third kappa shape index (κ3) is 2.91. The van der Waals surface area contributed by atoms with Crippen molar-refractivity contribution in [2.24, 2.45) is 11.8 Å². The van der Waals surface area contributed by atoms with Gasteiger partial charge in [-0.3, -0.25) is 4.68 Å². The monoisotopic (exact) mass is 250 g/mol. The summed E-state index contributed by atoms with van der Waals surface area (Å²) in [6.45, 7) is 8.83. The van der Waals surface area contributed by atoms with Crippen molar-refractivity contribution < 1.29 is 0 Å². The first-order valence-corrected chi connectivity index (χ1v) is 7.36. The van der Waals surface area contributed by atoms with Crippen molar-refractivity contribution in [3.8, 4) is 0 Å². The van der Waals surface area contributed by atoms with Crippen molar-refractivity contribution in [1.82, 2.24) is 20.1 Å². The number of aryl methyl sites for hydroxylation is 1. The summed E-state index contributed by atoms with van der Waals surface area (Å²) in [6.07, 6.45) is 6.53. The van der Waals surface area contributed by atoms with Gasteiger partial charge in [-0.15, -0.1) is 0 Å². The molecule has 0 aromatic carbocycles. The molecule has 0 radical (unpaired) electrons. The lowest BCUT2D eigenvalue weighted by atomic mass is 9.92. The number of hydrogen-bond acceptors (Lipinski definition) is 3. The van der Waals surface area contributed by atoms with Gasteiger partial charge in [0.05, 0.1) is 0 Å². The molecule has 1 N–H and O–H groups in total. The van der Waals surface area contributed by atoms with Crippen molar-refractivity contribution >= 4 is 0 Å². The number of nitrogens with zero attached hydrogens (tertiary/aromatic N) is 3. The summed E-state index contributed by atoms with van der Waals surface area (Å²) in [6, 6.07) is 0.697. The highest BCUT2D eigenvalue weighted by molar-refractivity contribution is 4.94. The Morgan fingerprint density at radius 2 is 2.22 bits per heavy atom. The smallest absolute Gasteiger partial charge is 0.138 e. The lowest BCUT2D eigenvalue weighted by molar-refractivity contribution is 0.345. The fourth-order valence-corrected chi connectivity index (χ4v) is 3.17. The van der Waals surface area contributed by atoms with Crippen molar-refractivity contribution in [3.05, 3.63) is 12.2 Å². The molecule has 1 saturated carbocycles. The van der Waals surface area contributed by atoms with Crippen LogP contribution in [0.5, 0.6) is 0 Å². The number of nitrogens with one attached hydrogen (secondary N) is 1. The van der Waals surface area contributed by atoms with E-state index in [1.54, 1.807) is 6.33 Å². The van der Waals surface area contributed by atoms with E-state index >= 15 is 0 Å². The lowest BCUT2D eigenvalue weighted by Gasteiger charge is -2.21. The maximum atomic E-state index is 4.44. The fourth-order valence-electron chi connectivity index (χ4n) is 3.17. The molecule has 2 rings (SSSR count). The normalized spacial score (nSPS) is 27.8.